The molecule has 0 bridgehead atoms. The molecule has 2 aromatic rings. The molecule has 0 spiro atoms. The molecule has 1 aliphatic rings. The van der Waals surface area contributed by atoms with Crippen molar-refractivity contribution in [2.45, 2.75) is 13.0 Å². The highest BCUT2D eigenvalue weighted by Gasteiger charge is 2.38. The molecule has 0 unspecified atom stereocenters. The number of hydrogen-bond donors (Lipinski definition) is 0. The molecule has 1 aliphatic heterocycles. The largest absolute Gasteiger partial charge is 0.466 e. The van der Waals surface area contributed by atoms with Crippen molar-refractivity contribution in [1.29, 1.82) is 0 Å². The minimum atomic E-state index is -0.0707. The Morgan fingerprint density at radius 3 is 2.00 bits per heavy atom. The molecule has 0 radical (unpaired) electrons. The fourth-order valence-corrected chi connectivity index (χ4v) is 3.02. The summed E-state index contributed by atoms with van der Waals surface area (Å²) < 4.78 is 5.12. The summed E-state index contributed by atoms with van der Waals surface area (Å²) in [4.78, 5) is 14.2. The smallest absolute Gasteiger partial charge is 0.311 e. The minimum absolute atomic E-state index is 0.00914. The van der Waals surface area contributed by atoms with Gasteiger partial charge in [-0.05, 0) is 18.1 Å². The average Bonchev–Trinajstić information content (AvgIpc) is 2.52. The minimum Gasteiger partial charge on any atom is -0.466 e. The average molecular weight is 295 g/mol. The highest BCUT2D eigenvalue weighted by Crippen LogP contribution is 2.34. The number of carbonyl (C=O) groups is 1. The van der Waals surface area contributed by atoms with Gasteiger partial charge >= 0.3 is 5.97 Å². The molecule has 0 aliphatic carbocycles. The van der Waals surface area contributed by atoms with Gasteiger partial charge in [-0.1, -0.05) is 60.7 Å². The molecule has 0 saturated carbocycles. The van der Waals surface area contributed by atoms with E-state index in [2.05, 4.69) is 53.4 Å². The topological polar surface area (TPSA) is 29.5 Å². The van der Waals surface area contributed by atoms with Crippen molar-refractivity contribution >= 4 is 5.97 Å². The zero-order chi connectivity index (χ0) is 15.4. The summed E-state index contributed by atoms with van der Waals surface area (Å²) in [5, 5.41) is 0. The molecule has 114 valence electrons. The van der Waals surface area contributed by atoms with E-state index in [0.717, 1.165) is 13.1 Å². The number of nitrogens with zero attached hydrogens (tertiary/aromatic N) is 1. The molecule has 22 heavy (non-hydrogen) atoms. The van der Waals surface area contributed by atoms with Gasteiger partial charge in [-0.25, -0.2) is 0 Å². The van der Waals surface area contributed by atoms with Crippen LogP contribution in [-0.4, -0.2) is 30.6 Å². The van der Waals surface area contributed by atoms with E-state index < -0.39 is 0 Å². The summed E-state index contributed by atoms with van der Waals surface area (Å²) in [6, 6.07) is 21.1. The summed E-state index contributed by atoms with van der Waals surface area (Å²) in [5.41, 5.74) is 2.52. The van der Waals surface area contributed by atoms with Crippen molar-refractivity contribution in [3.8, 4) is 0 Å². The maximum Gasteiger partial charge on any atom is 0.311 e. The van der Waals surface area contributed by atoms with Crippen LogP contribution in [-0.2, 0) is 9.53 Å². The number of esters is 1. The molecule has 1 heterocycles. The molecule has 0 amide bonds. The number of rotatable bonds is 5. The maximum atomic E-state index is 11.8. The first kappa shape index (κ1) is 14.8. The molecule has 3 heteroatoms. The normalized spacial score (nSPS) is 15.5. The maximum absolute atomic E-state index is 11.8. The van der Waals surface area contributed by atoms with E-state index in [4.69, 9.17) is 4.74 Å². The van der Waals surface area contributed by atoms with E-state index in [1.54, 1.807) is 0 Å². The van der Waals surface area contributed by atoms with Crippen LogP contribution in [0.2, 0.25) is 0 Å². The van der Waals surface area contributed by atoms with Crippen LogP contribution in [0.15, 0.2) is 60.7 Å². The zero-order valence-corrected chi connectivity index (χ0v) is 12.8. The third kappa shape index (κ3) is 3.04. The summed E-state index contributed by atoms with van der Waals surface area (Å²) in [6.45, 7) is 3.82. The summed E-state index contributed by atoms with van der Waals surface area (Å²) >= 11 is 0. The fourth-order valence-electron chi connectivity index (χ4n) is 3.02. The van der Waals surface area contributed by atoms with Crippen LogP contribution in [0, 0.1) is 5.92 Å². The van der Waals surface area contributed by atoms with Crippen LogP contribution in [0.5, 0.6) is 0 Å². The van der Waals surface area contributed by atoms with Gasteiger partial charge < -0.3 is 4.74 Å². The number of likely N-dealkylation sites (tertiary alicyclic amines) is 1. The summed E-state index contributed by atoms with van der Waals surface area (Å²) in [5.74, 6) is -0.0616. The molecular weight excluding hydrogens is 274 g/mol. The molecule has 0 atom stereocenters. The second kappa shape index (κ2) is 6.75. The molecule has 0 N–H and O–H groups in total. The monoisotopic (exact) mass is 295 g/mol. The van der Waals surface area contributed by atoms with Gasteiger partial charge in [0.2, 0.25) is 0 Å². The molecule has 2 aromatic carbocycles. The van der Waals surface area contributed by atoms with Crippen molar-refractivity contribution in [3.63, 3.8) is 0 Å². The molecule has 3 nitrogen and oxygen atoms in total. The third-order valence-electron chi connectivity index (χ3n) is 4.13. The Morgan fingerprint density at radius 2 is 1.55 bits per heavy atom. The number of benzene rings is 2. The second-order valence-corrected chi connectivity index (χ2v) is 5.63. The predicted molar refractivity (Wildman–Crippen MR) is 86.4 cm³/mol. The Kier molecular flexibility index (Phi) is 4.54. The zero-order valence-electron chi connectivity index (χ0n) is 12.8. The predicted octanol–water partition coefficient (Wildman–Crippen LogP) is 3.27. The molecule has 3 rings (SSSR count). The molecular formula is C19H21NO2. The Balaban J connectivity index is 1.79. The van der Waals surface area contributed by atoms with Crippen molar-refractivity contribution < 1.29 is 9.53 Å². The third-order valence-corrected chi connectivity index (χ3v) is 4.13. The number of hydrogen-bond acceptors (Lipinski definition) is 3. The lowest BCUT2D eigenvalue weighted by molar-refractivity contribution is -0.154. The van der Waals surface area contributed by atoms with Crippen molar-refractivity contribution in [2.24, 2.45) is 5.92 Å². The quantitative estimate of drug-likeness (QED) is 0.793. The van der Waals surface area contributed by atoms with Gasteiger partial charge in [0.15, 0.2) is 0 Å². The van der Waals surface area contributed by atoms with E-state index in [0.29, 0.717) is 6.61 Å². The molecule has 1 fully saturated rings. The Morgan fingerprint density at radius 1 is 1.05 bits per heavy atom. The second-order valence-electron chi connectivity index (χ2n) is 5.63. The number of carbonyl (C=O) groups excluding carboxylic acids is 1. The summed E-state index contributed by atoms with van der Waals surface area (Å²) in [7, 11) is 0. The van der Waals surface area contributed by atoms with Crippen LogP contribution in [0.25, 0.3) is 0 Å². The lowest BCUT2D eigenvalue weighted by atomic mass is 9.90. The number of ether oxygens (including phenoxy) is 1. The van der Waals surface area contributed by atoms with E-state index >= 15 is 0 Å². The first-order valence-electron chi connectivity index (χ1n) is 7.80. The Labute approximate surface area is 131 Å². The Bertz CT molecular complexity index is 566. The van der Waals surface area contributed by atoms with E-state index in [1.165, 1.54) is 11.1 Å². The van der Waals surface area contributed by atoms with Crippen LogP contribution >= 0.6 is 0 Å². The van der Waals surface area contributed by atoms with Gasteiger partial charge in [0.1, 0.15) is 0 Å². The molecule has 1 saturated heterocycles. The van der Waals surface area contributed by atoms with E-state index in [-0.39, 0.29) is 17.9 Å². The highest BCUT2D eigenvalue weighted by atomic mass is 16.5. The summed E-state index contributed by atoms with van der Waals surface area (Å²) in [6.07, 6.45) is 0. The first-order valence-corrected chi connectivity index (χ1v) is 7.80. The standard InChI is InChI=1S/C19H21NO2/c1-2-22-19(21)17-13-20(14-17)18(15-9-5-3-6-10-15)16-11-7-4-8-12-16/h3-12,17-18H,2,13-14H2,1H3. The lowest BCUT2D eigenvalue weighted by Crippen LogP contribution is -2.52. The van der Waals surface area contributed by atoms with Gasteiger partial charge in [-0.3, -0.25) is 9.69 Å². The first-order chi connectivity index (χ1) is 10.8. The van der Waals surface area contributed by atoms with Crippen LogP contribution in [0.3, 0.4) is 0 Å². The van der Waals surface area contributed by atoms with Crippen molar-refractivity contribution in [2.75, 3.05) is 19.7 Å². The highest BCUT2D eigenvalue weighted by molar-refractivity contribution is 5.74. The van der Waals surface area contributed by atoms with Crippen LogP contribution in [0.4, 0.5) is 0 Å². The van der Waals surface area contributed by atoms with Crippen molar-refractivity contribution in [3.05, 3.63) is 71.8 Å². The van der Waals surface area contributed by atoms with Crippen LogP contribution < -0.4 is 0 Å². The van der Waals surface area contributed by atoms with Gasteiger partial charge in [0.25, 0.3) is 0 Å². The van der Waals surface area contributed by atoms with Gasteiger partial charge in [0.05, 0.1) is 18.6 Å². The van der Waals surface area contributed by atoms with E-state index in [1.807, 2.05) is 19.1 Å². The van der Waals surface area contributed by atoms with Crippen LogP contribution in [0.1, 0.15) is 24.1 Å². The fraction of sp³-hybridized carbons (Fsp3) is 0.316. The lowest BCUT2D eigenvalue weighted by Gasteiger charge is -2.43. The van der Waals surface area contributed by atoms with Crippen molar-refractivity contribution in [1.82, 2.24) is 4.90 Å². The Hall–Kier alpha value is -2.13. The van der Waals surface area contributed by atoms with E-state index in [9.17, 15) is 4.79 Å². The SMILES string of the molecule is CCOC(=O)C1CN(C(c2ccccc2)c2ccccc2)C1. The van der Waals surface area contributed by atoms with Gasteiger partial charge in [0, 0.05) is 13.1 Å². The van der Waals surface area contributed by atoms with Gasteiger partial charge in [-0.2, -0.15) is 0 Å². The van der Waals surface area contributed by atoms with Gasteiger partial charge in [-0.15, -0.1) is 0 Å². The molecule has 0 aromatic heterocycles.